The second-order valence-electron chi connectivity index (χ2n) is 9.31. The van der Waals surface area contributed by atoms with Gasteiger partial charge in [0.2, 0.25) is 0 Å². The predicted octanol–water partition coefficient (Wildman–Crippen LogP) is 1.50. The molecule has 0 aromatic heterocycles. The molecule has 5 nitrogen and oxygen atoms in total. The fraction of sp³-hybridized carbons (Fsp3) is 0.296. The number of alkyl carbamates (subject to hydrolysis) is 1. The topological polar surface area (TPSA) is 53.6 Å². The normalized spacial score (nSPS) is 15.0. The predicted molar refractivity (Wildman–Crippen MR) is 137 cm³/mol. The van der Waals surface area contributed by atoms with Crippen LogP contribution < -0.4 is 72.4 Å². The van der Waals surface area contributed by atoms with Gasteiger partial charge >= 0.3 is 64.5 Å². The molecular formula is C27H28BF3KN3O2. The zero-order chi connectivity index (χ0) is 25.3. The molecule has 3 aromatic carbocycles. The van der Waals surface area contributed by atoms with Crippen molar-refractivity contribution in [3.05, 3.63) is 82.9 Å². The first-order chi connectivity index (χ1) is 17.3. The van der Waals surface area contributed by atoms with Crippen molar-refractivity contribution in [3.63, 3.8) is 0 Å². The number of nitrogens with zero attached hydrogens (tertiary/aromatic N) is 1. The summed E-state index contributed by atoms with van der Waals surface area (Å²) in [5.41, 5.74) is 4.95. The number of amides is 1. The summed E-state index contributed by atoms with van der Waals surface area (Å²) in [6, 6.07) is 19.1. The zero-order valence-corrected chi connectivity index (χ0v) is 24.2. The Bertz CT molecular complexity index is 1240. The van der Waals surface area contributed by atoms with Gasteiger partial charge in [0, 0.05) is 44.3 Å². The summed E-state index contributed by atoms with van der Waals surface area (Å²) < 4.78 is 47.0. The molecule has 5 rings (SSSR count). The number of rotatable bonds is 6. The number of hydrogen-bond donors (Lipinski definition) is 2. The van der Waals surface area contributed by atoms with Crippen molar-refractivity contribution >= 4 is 24.2 Å². The summed E-state index contributed by atoms with van der Waals surface area (Å²) in [7, 11) is 0. The number of benzene rings is 3. The molecule has 1 aliphatic carbocycles. The summed E-state index contributed by atoms with van der Waals surface area (Å²) in [5.74, 6) is -0.0829. The molecule has 0 spiro atoms. The summed E-state index contributed by atoms with van der Waals surface area (Å²) in [6.07, 6.45) is -0.650. The molecule has 1 heterocycles. The number of hydrogen-bond acceptors (Lipinski definition) is 4. The van der Waals surface area contributed by atoms with Crippen LogP contribution in [-0.2, 0) is 11.3 Å². The number of ether oxygens (including phenoxy) is 1. The maximum Gasteiger partial charge on any atom is 1.00 e. The van der Waals surface area contributed by atoms with Gasteiger partial charge in [-0.3, -0.25) is 0 Å². The van der Waals surface area contributed by atoms with Gasteiger partial charge in [-0.1, -0.05) is 60.2 Å². The van der Waals surface area contributed by atoms with Crippen molar-refractivity contribution in [1.29, 1.82) is 0 Å². The fourth-order valence-corrected chi connectivity index (χ4v) is 5.23. The standard InChI is InChI=1S/C27H28BF3N3O2.K/c1-18-19(14-20(15-26(18)28(29,30)31)34-12-10-32-11-13-34)16-33-27(35)36-17-25-23-8-4-2-6-21(23)22-7-3-5-9-24(22)25;/h2-9,14-15,25,32H,10-13,16-17H2,1H3,(H,33,35);/q-1;+1. The molecule has 1 aliphatic heterocycles. The molecule has 10 heteroatoms. The molecule has 37 heavy (non-hydrogen) atoms. The van der Waals surface area contributed by atoms with Gasteiger partial charge in [0.05, 0.1) is 0 Å². The molecule has 2 N–H and O–H groups in total. The average molecular weight is 533 g/mol. The van der Waals surface area contributed by atoms with Crippen molar-refractivity contribution in [3.8, 4) is 11.1 Å². The number of nitrogens with one attached hydrogen (secondary N) is 2. The number of piperazine rings is 1. The summed E-state index contributed by atoms with van der Waals surface area (Å²) in [4.78, 5) is 14.5. The second-order valence-corrected chi connectivity index (χ2v) is 9.31. The van der Waals surface area contributed by atoms with Gasteiger partial charge in [0.25, 0.3) is 0 Å². The minimum atomic E-state index is -5.18. The Labute approximate surface area is 257 Å². The van der Waals surface area contributed by atoms with Gasteiger partial charge < -0.3 is 33.2 Å². The Morgan fingerprint density at radius 1 is 1.03 bits per heavy atom. The second kappa shape index (κ2) is 11.9. The van der Waals surface area contributed by atoms with Crippen LogP contribution in [0, 0.1) is 6.92 Å². The smallest absolute Gasteiger partial charge is 0.449 e. The van der Waals surface area contributed by atoms with Gasteiger partial charge in [0.15, 0.2) is 0 Å². The molecule has 1 fully saturated rings. The third-order valence-corrected chi connectivity index (χ3v) is 7.14. The Morgan fingerprint density at radius 3 is 2.22 bits per heavy atom. The Balaban J connectivity index is 0.00000320. The summed E-state index contributed by atoms with van der Waals surface area (Å²) in [5, 5.41) is 5.88. The van der Waals surface area contributed by atoms with E-state index in [4.69, 9.17) is 4.74 Å². The van der Waals surface area contributed by atoms with Crippen LogP contribution in [0.25, 0.3) is 11.1 Å². The van der Waals surface area contributed by atoms with Crippen molar-refractivity contribution in [2.24, 2.45) is 0 Å². The number of fused-ring (bicyclic) bond motifs is 3. The minimum Gasteiger partial charge on any atom is -0.449 e. The van der Waals surface area contributed by atoms with E-state index in [1.807, 2.05) is 41.3 Å². The van der Waals surface area contributed by atoms with Gasteiger partial charge in [-0.15, -0.1) is 5.46 Å². The van der Waals surface area contributed by atoms with E-state index in [9.17, 15) is 17.7 Å². The summed E-state index contributed by atoms with van der Waals surface area (Å²) >= 11 is 0. The molecular weight excluding hydrogens is 505 g/mol. The van der Waals surface area contributed by atoms with Crippen LogP contribution >= 0.6 is 0 Å². The van der Waals surface area contributed by atoms with Crippen LogP contribution in [0.4, 0.5) is 23.4 Å². The van der Waals surface area contributed by atoms with Gasteiger partial charge in [-0.05, 0) is 40.8 Å². The maximum atomic E-state index is 13.8. The monoisotopic (exact) mass is 533 g/mol. The number of halogens is 3. The van der Waals surface area contributed by atoms with E-state index in [2.05, 4.69) is 22.8 Å². The molecule has 0 unspecified atom stereocenters. The molecule has 0 saturated carbocycles. The van der Waals surface area contributed by atoms with Gasteiger partial charge in [0.1, 0.15) is 6.61 Å². The number of anilines is 1. The Hall–Kier alpha value is -1.82. The van der Waals surface area contributed by atoms with E-state index in [-0.39, 0.29) is 76.0 Å². The van der Waals surface area contributed by atoms with Gasteiger partial charge in [-0.2, -0.15) is 0 Å². The Kier molecular flexibility index (Phi) is 9.09. The van der Waals surface area contributed by atoms with E-state index in [0.29, 0.717) is 37.4 Å². The van der Waals surface area contributed by atoms with Crippen molar-refractivity contribution in [2.75, 3.05) is 37.7 Å². The molecule has 0 atom stereocenters. The fourth-order valence-electron chi connectivity index (χ4n) is 5.23. The number of carbonyl (C=O) groups is 1. The minimum absolute atomic E-state index is 0. The Morgan fingerprint density at radius 2 is 1.62 bits per heavy atom. The quantitative estimate of drug-likeness (QED) is 0.472. The van der Waals surface area contributed by atoms with E-state index in [1.54, 1.807) is 6.07 Å². The number of carbonyl (C=O) groups excluding carboxylic acids is 1. The van der Waals surface area contributed by atoms with Crippen LogP contribution in [0.1, 0.15) is 28.2 Å². The van der Waals surface area contributed by atoms with Crippen LogP contribution in [0.15, 0.2) is 60.7 Å². The van der Waals surface area contributed by atoms with Gasteiger partial charge in [-0.25, -0.2) is 4.79 Å². The molecule has 188 valence electrons. The van der Waals surface area contributed by atoms with E-state index < -0.39 is 18.5 Å². The molecule has 2 aliphatic rings. The van der Waals surface area contributed by atoms with Crippen LogP contribution in [0.5, 0.6) is 0 Å². The van der Waals surface area contributed by atoms with Crippen molar-refractivity contribution in [2.45, 2.75) is 19.4 Å². The van der Waals surface area contributed by atoms with Crippen molar-refractivity contribution < 1.29 is 73.9 Å². The third-order valence-electron chi connectivity index (χ3n) is 7.14. The summed E-state index contributed by atoms with van der Waals surface area (Å²) in [6.45, 7) is -0.921. The van der Waals surface area contributed by atoms with Crippen LogP contribution in [0.3, 0.4) is 0 Å². The first-order valence-corrected chi connectivity index (χ1v) is 12.2. The van der Waals surface area contributed by atoms with Crippen LogP contribution in [-0.4, -0.2) is 45.9 Å². The zero-order valence-electron chi connectivity index (χ0n) is 21.1. The van der Waals surface area contributed by atoms with E-state index in [1.165, 1.54) is 13.0 Å². The molecule has 1 saturated heterocycles. The third kappa shape index (κ3) is 6.10. The SMILES string of the molecule is Cc1c(CNC(=O)OCC2c3ccccc3-c3ccccc32)cc(N2CCNCC2)cc1[B-](F)(F)F.[K+]. The van der Waals surface area contributed by atoms with E-state index >= 15 is 0 Å². The average Bonchev–Trinajstić information content (AvgIpc) is 3.20. The van der Waals surface area contributed by atoms with E-state index in [0.717, 1.165) is 22.3 Å². The molecule has 0 radical (unpaired) electrons. The largest absolute Gasteiger partial charge is 1.00 e. The molecule has 3 aromatic rings. The first-order valence-electron chi connectivity index (χ1n) is 12.2. The van der Waals surface area contributed by atoms with Crippen molar-refractivity contribution in [1.82, 2.24) is 10.6 Å². The van der Waals surface area contributed by atoms with Crippen LogP contribution in [0.2, 0.25) is 0 Å². The first kappa shape index (κ1) is 28.2. The molecule has 1 amide bonds. The maximum absolute atomic E-state index is 13.8. The molecule has 0 bridgehead atoms.